The van der Waals surface area contributed by atoms with Crippen molar-refractivity contribution < 1.29 is 9.84 Å². The van der Waals surface area contributed by atoms with Crippen LogP contribution in [0.1, 0.15) is 27.2 Å². The second kappa shape index (κ2) is 5.13. The number of hydrogen-bond donors (Lipinski definition) is 2. The van der Waals surface area contributed by atoms with Gasteiger partial charge in [-0.25, -0.2) is 0 Å². The molecular weight excluding hydrogens is 142 g/mol. The summed E-state index contributed by atoms with van der Waals surface area (Å²) in [5, 5.41) is 15.7. The summed E-state index contributed by atoms with van der Waals surface area (Å²) >= 11 is 0. The minimum absolute atomic E-state index is 0.104. The van der Waals surface area contributed by atoms with Gasteiger partial charge in [-0.2, -0.15) is 0 Å². The minimum atomic E-state index is -0.389. The highest BCUT2D eigenvalue weighted by Crippen LogP contribution is 2.15. The zero-order valence-corrected chi connectivity index (χ0v) is 7.42. The maximum atomic E-state index is 8.38. The molecule has 0 aromatic heterocycles. The van der Waals surface area contributed by atoms with Crippen LogP contribution in [0.25, 0.3) is 0 Å². The van der Waals surface area contributed by atoms with Crippen molar-refractivity contribution in [1.82, 2.24) is 0 Å². The van der Waals surface area contributed by atoms with E-state index in [0.29, 0.717) is 5.92 Å². The number of hydrogen-bond acceptors (Lipinski definition) is 3. The van der Waals surface area contributed by atoms with Crippen LogP contribution in [0.3, 0.4) is 0 Å². The summed E-state index contributed by atoms with van der Waals surface area (Å²) < 4.78 is 4.67. The van der Waals surface area contributed by atoms with Crippen molar-refractivity contribution in [2.75, 3.05) is 6.79 Å². The molecule has 0 aliphatic heterocycles. The molecule has 0 aromatic carbocycles. The van der Waals surface area contributed by atoms with Crippen LogP contribution >= 0.6 is 0 Å². The predicted octanol–water partition coefficient (Wildman–Crippen LogP) is 1.61. The van der Waals surface area contributed by atoms with Gasteiger partial charge in [0, 0.05) is 5.92 Å². The Morgan fingerprint density at radius 1 is 1.55 bits per heavy atom. The SMILES string of the molecule is CC[C@H](C)[C@H](C)C(=N)OCO. The minimum Gasteiger partial charge on any atom is -0.455 e. The van der Waals surface area contributed by atoms with Gasteiger partial charge in [-0.15, -0.1) is 0 Å². The Morgan fingerprint density at radius 2 is 2.09 bits per heavy atom. The standard InChI is InChI=1S/C8H17NO2/c1-4-6(2)7(3)8(9)11-5-10/h6-7,9-10H,4-5H2,1-3H3/t6-,7-/m0/s1. The van der Waals surface area contributed by atoms with E-state index in [1.54, 1.807) is 0 Å². The summed E-state index contributed by atoms with van der Waals surface area (Å²) in [6, 6.07) is 0. The number of aliphatic hydroxyl groups excluding tert-OH is 1. The van der Waals surface area contributed by atoms with Crippen LogP contribution in [0.15, 0.2) is 0 Å². The maximum absolute atomic E-state index is 8.38. The molecule has 0 aliphatic rings. The highest BCUT2D eigenvalue weighted by atomic mass is 16.6. The lowest BCUT2D eigenvalue weighted by molar-refractivity contribution is 0.0776. The average molecular weight is 159 g/mol. The van der Waals surface area contributed by atoms with Crippen molar-refractivity contribution in [2.24, 2.45) is 11.8 Å². The molecule has 0 heterocycles. The molecule has 0 aliphatic carbocycles. The molecule has 3 nitrogen and oxygen atoms in total. The van der Waals surface area contributed by atoms with Crippen LogP contribution in [0.5, 0.6) is 0 Å². The Hall–Kier alpha value is -0.570. The van der Waals surface area contributed by atoms with E-state index in [-0.39, 0.29) is 18.6 Å². The Morgan fingerprint density at radius 3 is 2.45 bits per heavy atom. The lowest BCUT2D eigenvalue weighted by Crippen LogP contribution is -2.20. The van der Waals surface area contributed by atoms with Crippen molar-refractivity contribution in [2.45, 2.75) is 27.2 Å². The lowest BCUT2D eigenvalue weighted by atomic mass is 9.93. The van der Waals surface area contributed by atoms with Gasteiger partial charge in [0.15, 0.2) is 12.7 Å². The van der Waals surface area contributed by atoms with Gasteiger partial charge in [-0.1, -0.05) is 27.2 Å². The van der Waals surface area contributed by atoms with Crippen molar-refractivity contribution in [1.29, 1.82) is 5.41 Å². The normalized spacial score (nSPS) is 15.6. The quantitative estimate of drug-likeness (QED) is 0.372. The lowest BCUT2D eigenvalue weighted by Gasteiger charge is -2.18. The van der Waals surface area contributed by atoms with Gasteiger partial charge >= 0.3 is 0 Å². The molecule has 11 heavy (non-hydrogen) atoms. The monoisotopic (exact) mass is 159 g/mol. The molecule has 0 aromatic rings. The van der Waals surface area contributed by atoms with Crippen LogP contribution in [0, 0.1) is 17.2 Å². The van der Waals surface area contributed by atoms with E-state index >= 15 is 0 Å². The smallest absolute Gasteiger partial charge is 0.187 e. The molecule has 0 saturated carbocycles. The van der Waals surface area contributed by atoms with Crippen molar-refractivity contribution >= 4 is 5.90 Å². The number of nitrogens with one attached hydrogen (secondary N) is 1. The van der Waals surface area contributed by atoms with Crippen LogP contribution in [-0.4, -0.2) is 17.8 Å². The Bertz CT molecular complexity index is 125. The molecule has 0 saturated heterocycles. The first-order valence-corrected chi connectivity index (χ1v) is 3.95. The number of ether oxygens (including phenoxy) is 1. The summed E-state index contributed by atoms with van der Waals surface area (Å²) in [4.78, 5) is 0. The highest BCUT2D eigenvalue weighted by molar-refractivity contribution is 5.75. The summed E-state index contributed by atoms with van der Waals surface area (Å²) in [5.74, 6) is 0.725. The molecule has 0 rings (SSSR count). The fourth-order valence-corrected chi connectivity index (χ4v) is 0.813. The fourth-order valence-electron chi connectivity index (χ4n) is 0.813. The van der Waals surface area contributed by atoms with Gasteiger partial charge in [-0.05, 0) is 5.92 Å². The molecule has 0 radical (unpaired) electrons. The van der Waals surface area contributed by atoms with E-state index < -0.39 is 0 Å². The van der Waals surface area contributed by atoms with Crippen LogP contribution in [-0.2, 0) is 4.74 Å². The molecule has 2 atom stereocenters. The Labute approximate surface area is 67.9 Å². The van der Waals surface area contributed by atoms with Crippen LogP contribution in [0.4, 0.5) is 0 Å². The molecule has 0 fully saturated rings. The van der Waals surface area contributed by atoms with E-state index in [1.807, 2.05) is 6.92 Å². The van der Waals surface area contributed by atoms with Crippen molar-refractivity contribution in [3.05, 3.63) is 0 Å². The third-order valence-corrected chi connectivity index (χ3v) is 2.13. The van der Waals surface area contributed by atoms with Gasteiger partial charge in [0.05, 0.1) is 0 Å². The van der Waals surface area contributed by atoms with Crippen LogP contribution in [0.2, 0.25) is 0 Å². The summed E-state index contributed by atoms with van der Waals surface area (Å²) in [6.07, 6.45) is 1.03. The van der Waals surface area contributed by atoms with Gasteiger partial charge in [0.1, 0.15) is 0 Å². The first kappa shape index (κ1) is 10.4. The Balaban J connectivity index is 3.80. The number of rotatable bonds is 4. The average Bonchev–Trinajstić information content (AvgIpc) is 2.02. The summed E-state index contributed by atoms with van der Waals surface area (Å²) in [5.41, 5.74) is 0. The zero-order chi connectivity index (χ0) is 8.85. The third-order valence-electron chi connectivity index (χ3n) is 2.13. The van der Waals surface area contributed by atoms with Gasteiger partial charge in [0.25, 0.3) is 0 Å². The number of aliphatic hydroxyl groups is 1. The van der Waals surface area contributed by atoms with Crippen molar-refractivity contribution in [3.63, 3.8) is 0 Å². The Kier molecular flexibility index (Phi) is 4.86. The molecule has 2 N–H and O–H groups in total. The molecular formula is C8H17NO2. The van der Waals surface area contributed by atoms with E-state index in [4.69, 9.17) is 10.5 Å². The summed E-state index contributed by atoms with van der Waals surface area (Å²) in [7, 11) is 0. The summed E-state index contributed by atoms with van der Waals surface area (Å²) in [6.45, 7) is 5.69. The van der Waals surface area contributed by atoms with Crippen molar-refractivity contribution in [3.8, 4) is 0 Å². The predicted molar refractivity (Wildman–Crippen MR) is 44.5 cm³/mol. The third kappa shape index (κ3) is 3.37. The molecule has 0 bridgehead atoms. The van der Waals surface area contributed by atoms with Gasteiger partial charge in [0.2, 0.25) is 0 Å². The second-order valence-corrected chi connectivity index (χ2v) is 2.81. The van der Waals surface area contributed by atoms with E-state index in [9.17, 15) is 0 Å². The highest BCUT2D eigenvalue weighted by Gasteiger charge is 2.16. The molecule has 0 spiro atoms. The topological polar surface area (TPSA) is 53.3 Å². The van der Waals surface area contributed by atoms with Crippen LogP contribution < -0.4 is 0 Å². The molecule has 0 unspecified atom stereocenters. The zero-order valence-electron chi connectivity index (χ0n) is 7.42. The van der Waals surface area contributed by atoms with E-state index in [0.717, 1.165) is 6.42 Å². The van der Waals surface area contributed by atoms with Gasteiger partial charge < -0.3 is 9.84 Å². The first-order valence-electron chi connectivity index (χ1n) is 3.95. The molecule has 66 valence electrons. The largest absolute Gasteiger partial charge is 0.455 e. The molecule has 0 amide bonds. The van der Waals surface area contributed by atoms with E-state index in [1.165, 1.54) is 0 Å². The van der Waals surface area contributed by atoms with E-state index in [2.05, 4.69) is 18.6 Å². The fraction of sp³-hybridized carbons (Fsp3) is 0.875. The second-order valence-electron chi connectivity index (χ2n) is 2.81. The molecule has 3 heteroatoms. The van der Waals surface area contributed by atoms with Gasteiger partial charge in [-0.3, -0.25) is 5.41 Å². The maximum Gasteiger partial charge on any atom is 0.187 e. The first-order chi connectivity index (χ1) is 5.13.